The standard InChI is InChI=1S/C24H27FN4O4.C21H20N2O4.C20H20N2O4.C19H16N2O4.C18H16N2O4/c1-32-23-19(24(31)26-14-18(30)15-29-10-12-33-13-11-29)7-9-21-22(23)20(27-28-21)8-4-16-2-5-17(25)6-3-16;1-3-26-21(24)15-6-8-17-19(20(15)25-2)16(22-23-17)7-4-13-5-9-18-14(12-13)10-11-27-18;1-4-26-20(23)15-10-12-17-18(19(15)25-3)16(21-22-17)11-7-13-5-8-14(24-2)9-6-13;1-24-18-13(19(22)23)4-6-15-17(18)14(20-21-15)5-2-11-3-7-16-12(10-11)8-9-25-16;1-23-12-6-3-11(4-7-12)5-9-14-16-15(20-19-14)10-8-13(18(21)22)17(16)24-2/h2-9,18,30H,10-15H2,1H3,(H,26,31)(H,27,28);4-9,12H,3,10-11H2,1-2H3,(H,22,23);5-12H,4H2,1-3H3,(H,21,22);2-7,10H,8-9H2,1H3,(H,20,21)(H,22,23);3-10H,1-2H3,(H,19,20)(H,21,22)/b8-4+;7-4+;11-7+;5-2+;9-5+. The van der Waals surface area contributed by atoms with Crippen LogP contribution >= 0.6 is 0 Å². The number of β-amino-alcohol motifs (C(OH)–C–C–N with tert-alkyl or cyclic N) is 1. The van der Waals surface area contributed by atoms with E-state index in [4.69, 9.17) is 56.8 Å². The number of halogens is 1. The first-order valence-electron chi connectivity index (χ1n) is 43.0. The molecular weight excluding hydrogens is 1730 g/mol. The largest absolute Gasteiger partial charge is 0.497 e. The third-order valence-electron chi connectivity index (χ3n) is 22.0. The van der Waals surface area contributed by atoms with Crippen molar-refractivity contribution in [2.24, 2.45) is 0 Å². The van der Waals surface area contributed by atoms with Gasteiger partial charge in [0.25, 0.3) is 5.91 Å². The van der Waals surface area contributed by atoms with Crippen LogP contribution < -0.4 is 47.9 Å². The molecule has 135 heavy (non-hydrogen) atoms. The molecule has 9 N–H and O–H groups in total. The molecule has 3 aliphatic rings. The zero-order valence-corrected chi connectivity index (χ0v) is 75.3. The maximum Gasteiger partial charge on any atom is 0.341 e. The van der Waals surface area contributed by atoms with Crippen LogP contribution in [0.1, 0.15) is 133 Å². The van der Waals surface area contributed by atoms with Crippen molar-refractivity contribution < 1.29 is 101 Å². The number of aliphatic hydroxyl groups is 1. The number of aliphatic hydroxyl groups excluding tert-OH is 1. The number of hydrogen-bond acceptors (Lipinski definition) is 24. The molecule has 5 aromatic heterocycles. The zero-order valence-electron chi connectivity index (χ0n) is 75.3. The van der Waals surface area contributed by atoms with Gasteiger partial charge in [0.05, 0.1) is 184 Å². The summed E-state index contributed by atoms with van der Waals surface area (Å²) in [5.41, 5.74) is 15.6. The van der Waals surface area contributed by atoms with Gasteiger partial charge in [0.1, 0.15) is 79.8 Å². The number of aromatic carboxylic acids is 2. The fourth-order valence-electron chi connectivity index (χ4n) is 15.4. The summed E-state index contributed by atoms with van der Waals surface area (Å²) in [4.78, 5) is 62.2. The Morgan fingerprint density at radius 1 is 0.400 bits per heavy atom. The summed E-state index contributed by atoms with van der Waals surface area (Å²) in [7, 11) is 10.7. The maximum absolute atomic E-state index is 13.1. The number of ether oxygens (including phenoxy) is 12. The third-order valence-corrected chi connectivity index (χ3v) is 22.0. The summed E-state index contributed by atoms with van der Waals surface area (Å²) >= 11 is 0. The van der Waals surface area contributed by atoms with E-state index in [-0.39, 0.29) is 29.4 Å². The Labute approximate surface area is 773 Å². The van der Waals surface area contributed by atoms with Crippen molar-refractivity contribution >= 4 is 145 Å². The Morgan fingerprint density at radius 3 is 1.04 bits per heavy atom. The third kappa shape index (κ3) is 22.6. The molecule has 15 aromatic rings. The molecule has 694 valence electrons. The molecule has 33 heteroatoms. The van der Waals surface area contributed by atoms with Crippen LogP contribution in [0.4, 0.5) is 4.39 Å². The lowest BCUT2D eigenvalue weighted by Gasteiger charge is -2.28. The molecule has 0 bridgehead atoms. The number of carboxylic acid groups (broad SMARTS) is 2. The van der Waals surface area contributed by atoms with Crippen molar-refractivity contribution in [2.45, 2.75) is 32.8 Å². The van der Waals surface area contributed by atoms with Crippen LogP contribution in [-0.4, -0.2) is 223 Å². The normalized spacial score (nSPS) is 13.0. The second-order valence-corrected chi connectivity index (χ2v) is 30.4. The quantitative estimate of drug-likeness (QED) is 0.0206. The van der Waals surface area contributed by atoms with Crippen molar-refractivity contribution in [1.29, 1.82) is 0 Å². The number of methoxy groups -OCH3 is 7. The van der Waals surface area contributed by atoms with E-state index in [0.29, 0.717) is 134 Å². The number of fused-ring (bicyclic) bond motifs is 7. The number of benzene rings is 10. The Balaban J connectivity index is 0.000000136. The smallest absolute Gasteiger partial charge is 0.341 e. The predicted molar refractivity (Wildman–Crippen MR) is 513 cm³/mol. The van der Waals surface area contributed by atoms with Gasteiger partial charge in [0, 0.05) is 39.0 Å². The number of carbonyl (C=O) groups excluding carboxylic acids is 3. The molecule has 1 atom stereocenters. The van der Waals surface area contributed by atoms with Crippen LogP contribution in [0.3, 0.4) is 0 Å². The molecule has 8 heterocycles. The molecular formula is C102H99FN12O20. The number of amides is 1. The minimum absolute atomic E-state index is 0.102. The Hall–Kier alpha value is -16.4. The van der Waals surface area contributed by atoms with E-state index in [1.807, 2.05) is 127 Å². The van der Waals surface area contributed by atoms with Crippen LogP contribution in [0.25, 0.3) is 115 Å². The highest BCUT2D eigenvalue weighted by molar-refractivity contribution is 6.08. The summed E-state index contributed by atoms with van der Waals surface area (Å²) < 4.78 is 77.3. The molecule has 3 aliphatic heterocycles. The van der Waals surface area contributed by atoms with Gasteiger partial charge in [-0.05, 0) is 204 Å². The first-order valence-corrected chi connectivity index (χ1v) is 43.0. The van der Waals surface area contributed by atoms with Crippen molar-refractivity contribution in [3.63, 3.8) is 0 Å². The number of hydrogen-bond donors (Lipinski definition) is 9. The second kappa shape index (κ2) is 45.0. The highest BCUT2D eigenvalue weighted by atomic mass is 19.1. The maximum atomic E-state index is 13.1. The van der Waals surface area contributed by atoms with E-state index in [2.05, 4.69) is 73.3 Å². The topological polar surface area (TPSA) is 415 Å². The lowest BCUT2D eigenvalue weighted by atomic mass is 10.1. The summed E-state index contributed by atoms with van der Waals surface area (Å²) in [6.07, 6.45) is 20.1. The number of rotatable bonds is 28. The number of nitrogens with zero attached hydrogens (tertiary/aromatic N) is 6. The van der Waals surface area contributed by atoms with Gasteiger partial charge in [-0.25, -0.2) is 23.6 Å². The monoisotopic (exact) mass is 1830 g/mol. The number of nitrogens with one attached hydrogen (secondary N) is 6. The lowest BCUT2D eigenvalue weighted by Crippen LogP contribution is -2.44. The average molecular weight is 1830 g/mol. The van der Waals surface area contributed by atoms with Crippen LogP contribution in [0.2, 0.25) is 0 Å². The second-order valence-electron chi connectivity index (χ2n) is 30.4. The number of aromatic amines is 5. The first kappa shape index (κ1) is 94.7. The van der Waals surface area contributed by atoms with Gasteiger partial charge in [-0.3, -0.25) is 35.2 Å². The van der Waals surface area contributed by atoms with E-state index in [1.165, 1.54) is 63.8 Å². The lowest BCUT2D eigenvalue weighted by molar-refractivity contribution is 0.0149. The van der Waals surface area contributed by atoms with Crippen molar-refractivity contribution in [3.05, 3.63) is 271 Å². The van der Waals surface area contributed by atoms with Crippen LogP contribution in [0, 0.1) is 5.82 Å². The van der Waals surface area contributed by atoms with Gasteiger partial charge in [0.2, 0.25) is 0 Å². The molecule has 1 fully saturated rings. The Bertz CT molecular complexity index is 6920. The van der Waals surface area contributed by atoms with E-state index >= 15 is 0 Å². The zero-order chi connectivity index (χ0) is 95.0. The minimum Gasteiger partial charge on any atom is -0.497 e. The van der Waals surface area contributed by atoms with Gasteiger partial charge in [-0.15, -0.1) is 0 Å². The first-order chi connectivity index (χ1) is 65.7. The molecule has 10 aromatic carbocycles. The number of carbonyl (C=O) groups is 5. The number of esters is 2. The fourth-order valence-corrected chi connectivity index (χ4v) is 15.4. The molecule has 0 saturated carbocycles. The van der Waals surface area contributed by atoms with E-state index < -0.39 is 30.0 Å². The number of morpholine rings is 1. The predicted octanol–water partition coefficient (Wildman–Crippen LogP) is 16.9. The van der Waals surface area contributed by atoms with Gasteiger partial charge >= 0.3 is 23.9 Å². The highest BCUT2D eigenvalue weighted by Crippen LogP contribution is 2.40. The van der Waals surface area contributed by atoms with Crippen LogP contribution in [0.5, 0.6) is 51.7 Å². The highest BCUT2D eigenvalue weighted by Gasteiger charge is 2.27. The molecule has 32 nitrogen and oxygen atoms in total. The SMILES string of the molecule is CCOC(=O)c1ccc2n[nH]c(/C=C/c3ccc(OC)cc3)c2c1OC.CCOC(=O)c1ccc2n[nH]c(/C=C/c3ccc4c(c3)CCO4)c2c1OC.COc1c(C(=O)NCC(O)CN2CCOCC2)ccc2n[nH]c(/C=C/c3ccc(F)cc3)c12.COc1c(C(=O)O)ccc2n[nH]c(/C=C/c3ccc4c(c3)CCO4)c12.COc1ccc(/C=C/c2[nH]nc3ccc(C(=O)O)c(OC)c23)cc1. The van der Waals surface area contributed by atoms with Crippen LogP contribution in [0.15, 0.2) is 170 Å². The molecule has 0 spiro atoms. The van der Waals surface area contributed by atoms with Crippen LogP contribution in [-0.2, 0) is 27.1 Å². The number of H-pyrrole nitrogens is 5. The van der Waals surface area contributed by atoms with Crippen molar-refractivity contribution in [3.8, 4) is 51.7 Å². The van der Waals surface area contributed by atoms with E-state index in [9.17, 15) is 43.7 Å². The summed E-state index contributed by atoms with van der Waals surface area (Å²) in [5, 5.41) is 71.3. The average Bonchev–Trinajstić information content (AvgIpc) is 1.67. The Morgan fingerprint density at radius 2 is 0.711 bits per heavy atom. The van der Waals surface area contributed by atoms with Crippen molar-refractivity contribution in [2.75, 3.05) is 116 Å². The summed E-state index contributed by atoms with van der Waals surface area (Å²) in [6.45, 7) is 9.05. The molecule has 0 aliphatic carbocycles. The Kier molecular flexibility index (Phi) is 31.5. The molecule has 1 amide bonds. The van der Waals surface area contributed by atoms with Gasteiger partial charge < -0.3 is 77.5 Å². The minimum atomic E-state index is -1.04. The number of carboxylic acids is 2. The summed E-state index contributed by atoms with van der Waals surface area (Å²) in [5.74, 6) is 1.83. The van der Waals surface area contributed by atoms with E-state index in [1.54, 1.807) is 102 Å². The molecule has 1 unspecified atom stereocenters. The molecule has 0 radical (unpaired) electrons. The molecule has 1 saturated heterocycles. The number of aromatic nitrogens is 10. The molecule has 18 rings (SSSR count). The summed E-state index contributed by atoms with van der Waals surface area (Å²) in [6, 6.07) is 50.2. The van der Waals surface area contributed by atoms with E-state index in [0.717, 1.165) is 118 Å². The van der Waals surface area contributed by atoms with Gasteiger partial charge in [-0.2, -0.15) is 25.5 Å². The van der Waals surface area contributed by atoms with Gasteiger partial charge in [0.15, 0.2) is 0 Å². The van der Waals surface area contributed by atoms with Gasteiger partial charge in [-0.1, -0.05) is 78.9 Å². The fraction of sp³-hybridized carbons (Fsp3) is 0.216. The van der Waals surface area contributed by atoms with Crippen molar-refractivity contribution in [1.82, 2.24) is 61.2 Å².